The number of carbonyl (C=O) groups is 1. The number of nitrogens with two attached hydrogens (primary N) is 1. The molecule has 1 heterocycles. The zero-order valence-corrected chi connectivity index (χ0v) is 18.2. The van der Waals surface area contributed by atoms with Gasteiger partial charge < -0.3 is 16.0 Å². The van der Waals surface area contributed by atoms with E-state index in [1.807, 2.05) is 6.07 Å². The second kappa shape index (κ2) is 9.77. The molecular formula is C20H21N5O4S2. The van der Waals surface area contributed by atoms with Gasteiger partial charge in [0.2, 0.25) is 15.9 Å². The molecule has 1 atom stereocenters. The molecule has 1 amide bonds. The highest BCUT2D eigenvalue weighted by molar-refractivity contribution is 8.00. The van der Waals surface area contributed by atoms with Gasteiger partial charge in [0.05, 0.1) is 4.90 Å². The van der Waals surface area contributed by atoms with Crippen molar-refractivity contribution < 1.29 is 13.2 Å². The molecule has 2 aromatic carbocycles. The summed E-state index contributed by atoms with van der Waals surface area (Å²) in [4.78, 5) is 31.5. The number of nitrogen functional groups attached to an aromatic ring is 1. The van der Waals surface area contributed by atoms with Gasteiger partial charge in [0, 0.05) is 18.3 Å². The lowest BCUT2D eigenvalue weighted by Crippen LogP contribution is -2.23. The molecule has 0 saturated heterocycles. The lowest BCUT2D eigenvalue weighted by Gasteiger charge is -2.17. The van der Waals surface area contributed by atoms with Gasteiger partial charge in [0.25, 0.3) is 5.56 Å². The van der Waals surface area contributed by atoms with Gasteiger partial charge in [-0.25, -0.2) is 18.1 Å². The number of carbonyl (C=O) groups excluding carboxylic acids is 1. The Morgan fingerprint density at radius 2 is 1.84 bits per heavy atom. The van der Waals surface area contributed by atoms with Crippen LogP contribution in [0.4, 0.5) is 11.5 Å². The Bertz CT molecular complexity index is 1210. The molecule has 162 valence electrons. The van der Waals surface area contributed by atoms with Crippen LogP contribution in [0.1, 0.15) is 17.7 Å². The van der Waals surface area contributed by atoms with Crippen molar-refractivity contribution in [2.45, 2.75) is 22.2 Å². The molecule has 0 unspecified atom stereocenters. The van der Waals surface area contributed by atoms with E-state index in [0.29, 0.717) is 11.3 Å². The minimum absolute atomic E-state index is 0.0518. The SMILES string of the molecule is CCNS(=O)(=O)c1ccc(NC(=O)[C@@H](Sc2nc(N)cc(=O)[nH]2)c2ccccc2)cc1. The number of benzene rings is 2. The number of H-pyrrole nitrogens is 1. The Morgan fingerprint density at radius 3 is 2.45 bits per heavy atom. The van der Waals surface area contributed by atoms with Crippen LogP contribution in [0.3, 0.4) is 0 Å². The first kappa shape index (κ1) is 22.5. The predicted octanol–water partition coefficient (Wildman–Crippen LogP) is 2.12. The van der Waals surface area contributed by atoms with E-state index >= 15 is 0 Å². The zero-order valence-electron chi connectivity index (χ0n) is 16.5. The summed E-state index contributed by atoms with van der Waals surface area (Å²) in [6, 6.07) is 16.0. The quantitative estimate of drug-likeness (QED) is 0.298. The number of amides is 1. The van der Waals surface area contributed by atoms with Crippen LogP contribution in [-0.4, -0.2) is 30.8 Å². The number of aromatic amines is 1. The standard InChI is InChI=1S/C20H21N5O4S2/c1-2-22-31(28,29)15-10-8-14(9-11-15)23-19(27)18(13-6-4-3-5-7-13)30-20-24-16(21)12-17(26)25-20/h3-12,18,22H,2H2,1H3,(H,23,27)(H3,21,24,25,26)/t18-/m0/s1. The van der Waals surface area contributed by atoms with Crippen LogP contribution in [0.15, 0.2) is 75.5 Å². The fourth-order valence-corrected chi connectivity index (χ4v) is 4.76. The zero-order chi connectivity index (χ0) is 22.4. The smallest absolute Gasteiger partial charge is 0.253 e. The predicted molar refractivity (Wildman–Crippen MR) is 120 cm³/mol. The maximum absolute atomic E-state index is 13.1. The van der Waals surface area contributed by atoms with Crippen molar-refractivity contribution >= 4 is 39.2 Å². The largest absolute Gasteiger partial charge is 0.383 e. The molecule has 3 aromatic rings. The molecule has 11 heteroatoms. The van der Waals surface area contributed by atoms with Crippen molar-refractivity contribution in [3.8, 4) is 0 Å². The van der Waals surface area contributed by atoms with Gasteiger partial charge in [-0.1, -0.05) is 49.0 Å². The summed E-state index contributed by atoms with van der Waals surface area (Å²) in [6.07, 6.45) is 0. The number of hydrogen-bond donors (Lipinski definition) is 4. The maximum Gasteiger partial charge on any atom is 0.253 e. The molecule has 0 bridgehead atoms. The van der Waals surface area contributed by atoms with Gasteiger partial charge >= 0.3 is 0 Å². The summed E-state index contributed by atoms with van der Waals surface area (Å²) < 4.78 is 26.5. The van der Waals surface area contributed by atoms with E-state index in [1.54, 1.807) is 31.2 Å². The van der Waals surface area contributed by atoms with Crippen LogP contribution in [0.5, 0.6) is 0 Å². The molecular weight excluding hydrogens is 438 g/mol. The Labute approximate surface area is 183 Å². The van der Waals surface area contributed by atoms with Crippen LogP contribution in [0, 0.1) is 0 Å². The third kappa shape index (κ3) is 5.94. The molecule has 3 rings (SSSR count). The Morgan fingerprint density at radius 1 is 1.16 bits per heavy atom. The first-order valence-corrected chi connectivity index (χ1v) is 11.6. The third-order valence-electron chi connectivity index (χ3n) is 4.08. The highest BCUT2D eigenvalue weighted by Gasteiger charge is 2.24. The molecule has 31 heavy (non-hydrogen) atoms. The molecule has 0 spiro atoms. The number of rotatable bonds is 8. The van der Waals surface area contributed by atoms with Crippen molar-refractivity contribution in [1.82, 2.24) is 14.7 Å². The van der Waals surface area contributed by atoms with E-state index in [9.17, 15) is 18.0 Å². The van der Waals surface area contributed by atoms with Gasteiger partial charge in [0.1, 0.15) is 11.1 Å². The highest BCUT2D eigenvalue weighted by Crippen LogP contribution is 2.34. The van der Waals surface area contributed by atoms with E-state index in [1.165, 1.54) is 24.3 Å². The first-order valence-electron chi connectivity index (χ1n) is 9.27. The van der Waals surface area contributed by atoms with Gasteiger partial charge in [-0.2, -0.15) is 0 Å². The third-order valence-corrected chi connectivity index (χ3v) is 6.78. The molecule has 0 aliphatic rings. The van der Waals surface area contributed by atoms with E-state index in [4.69, 9.17) is 5.73 Å². The number of sulfonamides is 1. The molecule has 0 aliphatic carbocycles. The molecule has 0 radical (unpaired) electrons. The summed E-state index contributed by atoms with van der Waals surface area (Å²) in [5.74, 6) is -0.320. The minimum atomic E-state index is -3.58. The Hall–Kier alpha value is -3.15. The molecule has 0 fully saturated rings. The second-order valence-electron chi connectivity index (χ2n) is 6.40. The normalized spacial score (nSPS) is 12.3. The number of hydrogen-bond acceptors (Lipinski definition) is 7. The lowest BCUT2D eigenvalue weighted by molar-refractivity contribution is -0.115. The topological polar surface area (TPSA) is 147 Å². The van der Waals surface area contributed by atoms with Crippen LogP contribution in [0.2, 0.25) is 0 Å². The number of nitrogens with zero attached hydrogens (tertiary/aromatic N) is 1. The van der Waals surface area contributed by atoms with E-state index in [0.717, 1.165) is 17.8 Å². The monoisotopic (exact) mass is 459 g/mol. The van der Waals surface area contributed by atoms with Crippen molar-refractivity contribution in [1.29, 1.82) is 0 Å². The fourth-order valence-electron chi connectivity index (χ4n) is 2.72. The summed E-state index contributed by atoms with van der Waals surface area (Å²) in [6.45, 7) is 1.97. The molecule has 5 N–H and O–H groups in total. The van der Waals surface area contributed by atoms with Gasteiger partial charge in [-0.15, -0.1) is 0 Å². The molecule has 0 saturated carbocycles. The van der Waals surface area contributed by atoms with Gasteiger partial charge in [-0.05, 0) is 29.8 Å². The Kier molecular flexibility index (Phi) is 7.10. The van der Waals surface area contributed by atoms with Crippen LogP contribution < -0.4 is 21.3 Å². The Balaban J connectivity index is 1.84. The van der Waals surface area contributed by atoms with Crippen molar-refractivity contribution in [2.24, 2.45) is 0 Å². The summed E-state index contributed by atoms with van der Waals surface area (Å²) in [5, 5.41) is 2.24. The van der Waals surface area contributed by atoms with E-state index in [-0.39, 0.29) is 28.3 Å². The minimum Gasteiger partial charge on any atom is -0.383 e. The maximum atomic E-state index is 13.1. The van der Waals surface area contributed by atoms with Crippen molar-refractivity contribution in [2.75, 3.05) is 17.6 Å². The molecule has 1 aromatic heterocycles. The van der Waals surface area contributed by atoms with E-state index < -0.39 is 20.8 Å². The molecule has 0 aliphatic heterocycles. The van der Waals surface area contributed by atoms with Gasteiger partial charge in [-0.3, -0.25) is 9.59 Å². The van der Waals surface area contributed by atoms with Crippen molar-refractivity contribution in [3.63, 3.8) is 0 Å². The highest BCUT2D eigenvalue weighted by atomic mass is 32.2. The first-order chi connectivity index (χ1) is 14.8. The second-order valence-corrected chi connectivity index (χ2v) is 9.26. The average molecular weight is 460 g/mol. The van der Waals surface area contributed by atoms with Crippen LogP contribution >= 0.6 is 11.8 Å². The summed E-state index contributed by atoms with van der Waals surface area (Å²) in [7, 11) is -3.58. The molecule has 9 nitrogen and oxygen atoms in total. The fraction of sp³-hybridized carbons (Fsp3) is 0.150. The summed E-state index contributed by atoms with van der Waals surface area (Å²) >= 11 is 1.05. The number of anilines is 2. The number of nitrogens with one attached hydrogen (secondary N) is 3. The van der Waals surface area contributed by atoms with E-state index in [2.05, 4.69) is 20.0 Å². The van der Waals surface area contributed by atoms with Gasteiger partial charge in [0.15, 0.2) is 5.16 Å². The van der Waals surface area contributed by atoms with Crippen LogP contribution in [0.25, 0.3) is 0 Å². The number of aromatic nitrogens is 2. The lowest BCUT2D eigenvalue weighted by atomic mass is 10.1. The van der Waals surface area contributed by atoms with Crippen LogP contribution in [-0.2, 0) is 14.8 Å². The average Bonchev–Trinajstić information content (AvgIpc) is 2.72. The van der Waals surface area contributed by atoms with Crippen molar-refractivity contribution in [3.05, 3.63) is 76.6 Å². The number of thioether (sulfide) groups is 1. The summed E-state index contributed by atoms with van der Waals surface area (Å²) in [5.41, 5.74) is 6.35.